The second kappa shape index (κ2) is 8.30. The normalized spacial score (nSPS) is 14.3. The number of aromatic nitrogens is 1. The van der Waals surface area contributed by atoms with E-state index in [1.807, 2.05) is 0 Å². The van der Waals surface area contributed by atoms with Crippen LogP contribution < -0.4 is 10.0 Å². The summed E-state index contributed by atoms with van der Waals surface area (Å²) in [5.74, 6) is -1.06. The minimum atomic E-state index is -3.73. The lowest BCUT2D eigenvalue weighted by atomic mass is 10.3. The van der Waals surface area contributed by atoms with Crippen molar-refractivity contribution in [3.8, 4) is 0 Å². The number of amides is 2. The molecule has 0 aliphatic carbocycles. The van der Waals surface area contributed by atoms with Crippen LogP contribution in [0.25, 0.3) is 0 Å². The van der Waals surface area contributed by atoms with Crippen molar-refractivity contribution in [1.29, 1.82) is 0 Å². The first-order valence-corrected chi connectivity index (χ1v) is 9.84. The zero-order chi connectivity index (χ0) is 20.1. The summed E-state index contributed by atoms with van der Waals surface area (Å²) < 4.78 is 27.2. The molecule has 0 spiro atoms. The van der Waals surface area contributed by atoms with Gasteiger partial charge in [-0.15, -0.1) is 0 Å². The number of β-amino-alcohol motifs (C(OH)–C–C–N with tert-alkyl or cyclic N) is 1. The van der Waals surface area contributed by atoms with Gasteiger partial charge in [-0.1, -0.05) is 6.07 Å². The van der Waals surface area contributed by atoms with Crippen LogP contribution in [0.3, 0.4) is 0 Å². The number of anilines is 1. The molecule has 146 valence electrons. The highest BCUT2D eigenvalue weighted by molar-refractivity contribution is 7.89. The first kappa shape index (κ1) is 19.7. The minimum absolute atomic E-state index is 0.0543. The van der Waals surface area contributed by atoms with Crippen LogP contribution >= 0.6 is 0 Å². The van der Waals surface area contributed by atoms with E-state index in [1.165, 1.54) is 24.3 Å². The Labute approximate surface area is 161 Å². The molecule has 0 unspecified atom stereocenters. The van der Waals surface area contributed by atoms with Crippen LogP contribution in [0.5, 0.6) is 0 Å². The summed E-state index contributed by atoms with van der Waals surface area (Å²) in [6.45, 7) is -0.345. The molecular formula is C18H18N4O5S. The van der Waals surface area contributed by atoms with Gasteiger partial charge in [0.25, 0.3) is 11.8 Å². The number of nitrogens with zero attached hydrogens (tertiary/aromatic N) is 2. The minimum Gasteiger partial charge on any atom is -0.395 e. The maximum atomic E-state index is 12.4. The highest BCUT2D eigenvalue weighted by atomic mass is 32.2. The van der Waals surface area contributed by atoms with Gasteiger partial charge in [-0.25, -0.2) is 13.1 Å². The van der Waals surface area contributed by atoms with Gasteiger partial charge in [0, 0.05) is 18.0 Å². The summed E-state index contributed by atoms with van der Waals surface area (Å²) in [4.78, 5) is 28.9. The molecular weight excluding hydrogens is 384 g/mol. The molecule has 0 bridgehead atoms. The van der Waals surface area contributed by atoms with Crippen LogP contribution in [0.2, 0.25) is 0 Å². The Bertz CT molecular complexity index is 1000. The van der Waals surface area contributed by atoms with Crippen molar-refractivity contribution in [2.75, 3.05) is 18.5 Å². The number of carbonyl (C=O) groups excluding carboxylic acids is 2. The summed E-state index contributed by atoms with van der Waals surface area (Å²) >= 11 is 0. The average Bonchev–Trinajstić information content (AvgIpc) is 2.95. The van der Waals surface area contributed by atoms with Crippen molar-refractivity contribution in [2.24, 2.45) is 0 Å². The van der Waals surface area contributed by atoms with Crippen molar-refractivity contribution in [2.45, 2.75) is 11.4 Å². The molecule has 1 aromatic heterocycles. The number of nitrogens with one attached hydrogen (secondary N) is 2. The summed E-state index contributed by atoms with van der Waals surface area (Å²) in [6, 6.07) is 11.0. The van der Waals surface area contributed by atoms with Gasteiger partial charge in [0.05, 0.1) is 30.3 Å². The largest absolute Gasteiger partial charge is 0.395 e. The summed E-state index contributed by atoms with van der Waals surface area (Å²) in [5.41, 5.74) is 1.09. The second-order valence-corrected chi connectivity index (χ2v) is 7.64. The number of rotatable bonds is 8. The van der Waals surface area contributed by atoms with E-state index in [0.717, 1.165) is 11.0 Å². The molecule has 3 N–H and O–H groups in total. The monoisotopic (exact) mass is 402 g/mol. The van der Waals surface area contributed by atoms with E-state index in [4.69, 9.17) is 5.11 Å². The van der Waals surface area contributed by atoms with Crippen molar-refractivity contribution in [3.05, 3.63) is 66.1 Å². The van der Waals surface area contributed by atoms with Crippen molar-refractivity contribution < 1.29 is 23.1 Å². The molecule has 1 aliphatic heterocycles. The van der Waals surface area contributed by atoms with Gasteiger partial charge in [0.1, 0.15) is 5.70 Å². The fourth-order valence-corrected chi connectivity index (χ4v) is 3.54. The molecule has 3 rings (SSSR count). The van der Waals surface area contributed by atoms with E-state index >= 15 is 0 Å². The molecule has 2 aromatic rings. The predicted octanol–water partition coefficient (Wildman–Crippen LogP) is 0.217. The van der Waals surface area contributed by atoms with Crippen LogP contribution in [0.4, 0.5) is 5.69 Å². The molecule has 2 heterocycles. The molecule has 0 radical (unpaired) electrons. The van der Waals surface area contributed by atoms with Gasteiger partial charge in [0.2, 0.25) is 10.0 Å². The first-order valence-electron chi connectivity index (χ1n) is 8.36. The molecule has 0 fully saturated rings. The topological polar surface area (TPSA) is 129 Å². The van der Waals surface area contributed by atoms with E-state index in [9.17, 15) is 18.0 Å². The number of pyridine rings is 1. The number of hydrogen-bond acceptors (Lipinski definition) is 7. The van der Waals surface area contributed by atoms with Gasteiger partial charge >= 0.3 is 0 Å². The van der Waals surface area contributed by atoms with Crippen LogP contribution in [-0.4, -0.2) is 48.4 Å². The quantitative estimate of drug-likeness (QED) is 0.539. The highest BCUT2D eigenvalue weighted by Crippen LogP contribution is 2.19. The number of benzene rings is 1. The maximum absolute atomic E-state index is 12.4. The fraction of sp³-hybridized carbons (Fsp3) is 0.167. The summed E-state index contributed by atoms with van der Waals surface area (Å²) in [6.07, 6.45) is 2.71. The van der Waals surface area contributed by atoms with E-state index in [2.05, 4.69) is 15.0 Å². The molecule has 28 heavy (non-hydrogen) atoms. The molecule has 1 aromatic carbocycles. The Hall–Kier alpha value is -3.08. The van der Waals surface area contributed by atoms with Crippen LogP contribution in [0.1, 0.15) is 5.69 Å². The summed E-state index contributed by atoms with van der Waals surface area (Å²) in [7, 11) is -3.73. The fourth-order valence-electron chi connectivity index (χ4n) is 2.54. The molecule has 0 saturated carbocycles. The van der Waals surface area contributed by atoms with E-state index in [1.54, 1.807) is 24.4 Å². The SMILES string of the molecule is O=C1C=C(Nc2ccc(S(=O)(=O)NCc3ccccn3)cc2)C(=O)N1CCO. The lowest BCUT2D eigenvalue weighted by Crippen LogP contribution is -2.34. The Balaban J connectivity index is 1.65. The number of carbonyl (C=O) groups is 2. The third-order valence-electron chi connectivity index (χ3n) is 3.95. The zero-order valence-corrected chi connectivity index (χ0v) is 15.5. The van der Waals surface area contributed by atoms with Crippen LogP contribution in [-0.2, 0) is 26.2 Å². The van der Waals surface area contributed by atoms with Gasteiger partial charge in [0.15, 0.2) is 0 Å². The smallest absolute Gasteiger partial charge is 0.277 e. The number of imide groups is 1. The maximum Gasteiger partial charge on any atom is 0.277 e. The molecule has 0 atom stereocenters. The number of hydrogen-bond donors (Lipinski definition) is 3. The van der Waals surface area contributed by atoms with Gasteiger partial charge in [-0.05, 0) is 36.4 Å². The molecule has 0 saturated heterocycles. The van der Waals surface area contributed by atoms with Crippen LogP contribution in [0, 0.1) is 0 Å². The van der Waals surface area contributed by atoms with Crippen molar-refractivity contribution >= 4 is 27.5 Å². The third-order valence-corrected chi connectivity index (χ3v) is 5.36. The van der Waals surface area contributed by atoms with Gasteiger partial charge in [-0.3, -0.25) is 19.5 Å². The first-order chi connectivity index (χ1) is 13.4. The van der Waals surface area contributed by atoms with Gasteiger partial charge < -0.3 is 10.4 Å². The number of aliphatic hydroxyl groups excluding tert-OH is 1. The summed E-state index contributed by atoms with van der Waals surface area (Å²) in [5, 5.41) is 11.7. The average molecular weight is 402 g/mol. The predicted molar refractivity (Wildman–Crippen MR) is 100 cm³/mol. The lowest BCUT2D eigenvalue weighted by molar-refractivity contribution is -0.137. The van der Waals surface area contributed by atoms with Gasteiger partial charge in [-0.2, -0.15) is 0 Å². The Kier molecular flexibility index (Phi) is 5.83. The second-order valence-electron chi connectivity index (χ2n) is 5.87. The zero-order valence-electron chi connectivity index (χ0n) is 14.7. The van der Waals surface area contributed by atoms with Crippen LogP contribution in [0.15, 0.2) is 65.3 Å². The van der Waals surface area contributed by atoms with Crippen molar-refractivity contribution in [3.63, 3.8) is 0 Å². The number of aliphatic hydroxyl groups is 1. The molecule has 9 nitrogen and oxygen atoms in total. The van der Waals surface area contributed by atoms with Crippen molar-refractivity contribution in [1.82, 2.24) is 14.6 Å². The third kappa shape index (κ3) is 4.42. The highest BCUT2D eigenvalue weighted by Gasteiger charge is 2.30. The molecule has 10 heteroatoms. The Morgan fingerprint density at radius 1 is 1.07 bits per heavy atom. The van der Waals surface area contributed by atoms with E-state index in [-0.39, 0.29) is 30.3 Å². The van der Waals surface area contributed by atoms with E-state index in [0.29, 0.717) is 11.4 Å². The molecule has 2 amide bonds. The standard InChI is InChI=1S/C18H18N4O5S/c23-10-9-22-17(24)11-16(18(22)25)21-13-4-6-15(7-5-13)28(26,27)20-12-14-3-1-2-8-19-14/h1-8,11,20-21,23H,9-10,12H2. The molecule has 1 aliphatic rings. The van der Waals surface area contributed by atoms with E-state index < -0.39 is 21.8 Å². The Morgan fingerprint density at radius 3 is 2.46 bits per heavy atom. The Morgan fingerprint density at radius 2 is 1.82 bits per heavy atom. The number of sulfonamides is 1. The lowest BCUT2D eigenvalue weighted by Gasteiger charge is -2.13.